The van der Waals surface area contributed by atoms with E-state index in [1.807, 2.05) is 0 Å². The Morgan fingerprint density at radius 2 is 2.00 bits per heavy atom. The molecule has 2 aromatic rings. The molecule has 2 fully saturated rings. The van der Waals surface area contributed by atoms with Crippen molar-refractivity contribution in [3.05, 3.63) is 35.0 Å². The van der Waals surface area contributed by atoms with Gasteiger partial charge in [-0.05, 0) is 31.0 Å². The highest BCUT2D eigenvalue weighted by Gasteiger charge is 2.48. The number of benzene rings is 1. The summed E-state index contributed by atoms with van der Waals surface area (Å²) in [4.78, 5) is 38.0. The number of amides is 4. The van der Waals surface area contributed by atoms with Gasteiger partial charge in [0.25, 0.3) is 11.8 Å². The first kappa shape index (κ1) is 15.1. The van der Waals surface area contributed by atoms with Crippen LogP contribution in [0.4, 0.5) is 9.18 Å². The molecule has 124 valence electrons. The van der Waals surface area contributed by atoms with E-state index in [-0.39, 0.29) is 17.6 Å². The topological polar surface area (TPSA) is 78.5 Å². The van der Waals surface area contributed by atoms with Gasteiger partial charge in [-0.2, -0.15) is 0 Å². The van der Waals surface area contributed by atoms with Gasteiger partial charge in [-0.1, -0.05) is 6.07 Å². The summed E-state index contributed by atoms with van der Waals surface area (Å²) in [6, 6.07) is 5.86. The number of carbonyl (C=O) groups is 3. The van der Waals surface area contributed by atoms with Crippen LogP contribution in [0.2, 0.25) is 0 Å². The Hall–Kier alpha value is -2.48. The second-order valence-electron chi connectivity index (χ2n) is 6.04. The fraction of sp³-hybridized carbons (Fsp3) is 0.312. The molecule has 0 saturated carbocycles. The van der Waals surface area contributed by atoms with Crippen LogP contribution < -0.4 is 10.6 Å². The van der Waals surface area contributed by atoms with Crippen LogP contribution in [-0.4, -0.2) is 41.4 Å². The number of fused-ring (bicyclic) bond motifs is 1. The molecule has 3 heterocycles. The number of halogens is 1. The van der Waals surface area contributed by atoms with Crippen molar-refractivity contribution in [3.63, 3.8) is 0 Å². The summed E-state index contributed by atoms with van der Waals surface area (Å²) in [7, 11) is 0. The van der Waals surface area contributed by atoms with Crippen molar-refractivity contribution in [1.82, 2.24) is 15.5 Å². The second kappa shape index (κ2) is 5.27. The van der Waals surface area contributed by atoms with E-state index < -0.39 is 11.6 Å². The molecule has 24 heavy (non-hydrogen) atoms. The van der Waals surface area contributed by atoms with Crippen molar-refractivity contribution in [2.45, 2.75) is 18.4 Å². The van der Waals surface area contributed by atoms with Crippen LogP contribution in [0.15, 0.2) is 24.3 Å². The van der Waals surface area contributed by atoms with Crippen molar-refractivity contribution < 1.29 is 18.8 Å². The third-order valence-corrected chi connectivity index (χ3v) is 5.73. The summed E-state index contributed by atoms with van der Waals surface area (Å²) in [5.74, 6) is -0.843. The lowest BCUT2D eigenvalue weighted by molar-refractivity contribution is -0.125. The average Bonchev–Trinajstić information content (AvgIpc) is 3.10. The highest BCUT2D eigenvalue weighted by atomic mass is 32.1. The minimum Gasteiger partial charge on any atom is -0.338 e. The van der Waals surface area contributed by atoms with Crippen molar-refractivity contribution >= 4 is 39.3 Å². The van der Waals surface area contributed by atoms with Crippen LogP contribution in [0.1, 0.15) is 22.5 Å². The SMILES string of the molecule is O=C1NC(=O)C2(CCN(C(=O)c3cc4c(F)cccc4s3)CC2)N1. The number of carbonyl (C=O) groups excluding carboxylic acids is 3. The Morgan fingerprint density at radius 3 is 2.62 bits per heavy atom. The van der Waals surface area contributed by atoms with Crippen LogP contribution >= 0.6 is 11.3 Å². The summed E-state index contributed by atoms with van der Waals surface area (Å²) in [5.41, 5.74) is -0.903. The van der Waals surface area contributed by atoms with Crippen molar-refractivity contribution in [1.29, 1.82) is 0 Å². The molecular formula is C16H14FN3O3S. The van der Waals surface area contributed by atoms with E-state index in [1.54, 1.807) is 23.1 Å². The minimum absolute atomic E-state index is 0.171. The number of urea groups is 1. The fourth-order valence-corrected chi connectivity index (χ4v) is 4.30. The normalized spacial score (nSPS) is 19.6. The molecule has 1 aromatic heterocycles. The summed E-state index contributed by atoms with van der Waals surface area (Å²) >= 11 is 1.26. The number of hydrogen-bond acceptors (Lipinski definition) is 4. The molecule has 2 saturated heterocycles. The second-order valence-corrected chi connectivity index (χ2v) is 7.13. The smallest absolute Gasteiger partial charge is 0.322 e. The highest BCUT2D eigenvalue weighted by Crippen LogP contribution is 2.31. The molecule has 0 atom stereocenters. The first-order valence-corrected chi connectivity index (χ1v) is 8.41. The van der Waals surface area contributed by atoms with Gasteiger partial charge in [-0.3, -0.25) is 14.9 Å². The summed E-state index contributed by atoms with van der Waals surface area (Å²) in [5, 5.41) is 5.35. The first-order valence-electron chi connectivity index (χ1n) is 7.59. The number of nitrogens with zero attached hydrogens (tertiary/aromatic N) is 1. The number of nitrogens with one attached hydrogen (secondary N) is 2. The van der Waals surface area contributed by atoms with E-state index in [4.69, 9.17) is 0 Å². The first-order chi connectivity index (χ1) is 11.5. The molecule has 0 unspecified atom stereocenters. The molecule has 8 heteroatoms. The quantitative estimate of drug-likeness (QED) is 0.773. The molecule has 2 N–H and O–H groups in total. The van der Waals surface area contributed by atoms with E-state index >= 15 is 0 Å². The maximum atomic E-state index is 13.8. The highest BCUT2D eigenvalue weighted by molar-refractivity contribution is 7.20. The lowest BCUT2D eigenvalue weighted by Gasteiger charge is -2.36. The third kappa shape index (κ3) is 2.25. The molecule has 0 radical (unpaired) electrons. The standard InChI is InChI=1S/C16H14FN3O3S/c17-10-2-1-3-11-9(10)8-12(24-11)13(21)20-6-4-16(5-7-20)14(22)18-15(23)19-16/h1-3,8H,4-7H2,(H2,18,19,22,23). The van der Waals surface area contributed by atoms with Gasteiger partial charge in [0.15, 0.2) is 0 Å². The predicted molar refractivity (Wildman–Crippen MR) is 86.3 cm³/mol. The van der Waals surface area contributed by atoms with Crippen LogP contribution in [0.3, 0.4) is 0 Å². The molecule has 0 bridgehead atoms. The van der Waals surface area contributed by atoms with E-state index in [0.717, 1.165) is 4.70 Å². The molecule has 1 spiro atoms. The molecule has 2 aliphatic rings. The Labute approximate surface area is 140 Å². The predicted octanol–water partition coefficient (Wildman–Crippen LogP) is 1.85. The van der Waals surface area contributed by atoms with Gasteiger partial charge in [0, 0.05) is 23.2 Å². The van der Waals surface area contributed by atoms with Crippen LogP contribution in [0.25, 0.3) is 10.1 Å². The number of rotatable bonds is 1. The summed E-state index contributed by atoms with van der Waals surface area (Å²) in [6.45, 7) is 0.729. The zero-order chi connectivity index (χ0) is 16.9. The number of piperidine rings is 1. The van der Waals surface area contributed by atoms with Crippen molar-refractivity contribution in [2.75, 3.05) is 13.1 Å². The van der Waals surface area contributed by atoms with E-state index in [9.17, 15) is 18.8 Å². The van der Waals surface area contributed by atoms with Crippen molar-refractivity contribution in [3.8, 4) is 0 Å². The van der Waals surface area contributed by atoms with Crippen molar-refractivity contribution in [2.24, 2.45) is 0 Å². The monoisotopic (exact) mass is 347 g/mol. The van der Waals surface area contributed by atoms with Gasteiger partial charge < -0.3 is 10.2 Å². The molecule has 0 aliphatic carbocycles. The van der Waals surface area contributed by atoms with E-state index in [2.05, 4.69) is 10.6 Å². The van der Waals surface area contributed by atoms with Gasteiger partial charge >= 0.3 is 6.03 Å². The lowest BCUT2D eigenvalue weighted by Crippen LogP contribution is -2.55. The fourth-order valence-electron chi connectivity index (χ4n) is 3.26. The van der Waals surface area contributed by atoms with Crippen LogP contribution in [0.5, 0.6) is 0 Å². The van der Waals surface area contributed by atoms with Gasteiger partial charge in [0.1, 0.15) is 11.4 Å². The zero-order valence-corrected chi connectivity index (χ0v) is 13.4. The van der Waals surface area contributed by atoms with Crippen LogP contribution in [0, 0.1) is 5.82 Å². The van der Waals surface area contributed by atoms with Gasteiger partial charge in [-0.15, -0.1) is 11.3 Å². The van der Waals surface area contributed by atoms with Gasteiger partial charge in [-0.25, -0.2) is 9.18 Å². The maximum Gasteiger partial charge on any atom is 0.322 e. The van der Waals surface area contributed by atoms with Gasteiger partial charge in [0.2, 0.25) is 0 Å². The number of thiophene rings is 1. The number of hydrogen-bond donors (Lipinski definition) is 2. The molecule has 6 nitrogen and oxygen atoms in total. The number of imide groups is 1. The maximum absolute atomic E-state index is 13.8. The molecule has 4 rings (SSSR count). The Bertz CT molecular complexity index is 871. The van der Waals surface area contributed by atoms with Crippen LogP contribution in [-0.2, 0) is 4.79 Å². The largest absolute Gasteiger partial charge is 0.338 e. The molecule has 1 aromatic carbocycles. The van der Waals surface area contributed by atoms with E-state index in [1.165, 1.54) is 17.4 Å². The Balaban J connectivity index is 1.53. The zero-order valence-electron chi connectivity index (χ0n) is 12.6. The third-order valence-electron chi connectivity index (χ3n) is 4.64. The molecular weight excluding hydrogens is 333 g/mol. The Kier molecular flexibility index (Phi) is 3.31. The summed E-state index contributed by atoms with van der Waals surface area (Å²) < 4.78 is 14.5. The summed E-state index contributed by atoms with van der Waals surface area (Å²) in [6.07, 6.45) is 0.741. The Morgan fingerprint density at radius 1 is 1.25 bits per heavy atom. The lowest BCUT2D eigenvalue weighted by atomic mass is 9.87. The number of likely N-dealkylation sites (tertiary alicyclic amines) is 1. The molecule has 2 aliphatic heterocycles. The molecule has 4 amide bonds. The van der Waals surface area contributed by atoms with Gasteiger partial charge in [0.05, 0.1) is 4.88 Å². The van der Waals surface area contributed by atoms with E-state index in [0.29, 0.717) is 36.2 Å². The minimum atomic E-state index is -0.903. The average molecular weight is 347 g/mol.